The average molecular weight is 223 g/mol. The maximum atomic E-state index is 11.4. The van der Waals surface area contributed by atoms with Crippen LogP contribution in [0.4, 0.5) is 0 Å². The van der Waals surface area contributed by atoms with Crippen molar-refractivity contribution < 1.29 is 13.2 Å². The summed E-state index contributed by atoms with van der Waals surface area (Å²) in [4.78, 5) is 0. The molecule has 0 unspecified atom stereocenters. The Morgan fingerprint density at radius 2 is 2.36 bits per heavy atom. The second-order valence-electron chi connectivity index (χ2n) is 3.20. The van der Waals surface area contributed by atoms with Gasteiger partial charge in [-0.2, -0.15) is 17.9 Å². The molecule has 0 spiro atoms. The molecule has 0 radical (unpaired) electrons. The highest BCUT2D eigenvalue weighted by Gasteiger charge is 2.20. The van der Waals surface area contributed by atoms with Crippen molar-refractivity contribution in [3.63, 3.8) is 0 Å². The summed E-state index contributed by atoms with van der Waals surface area (Å²) in [6.45, 7) is 2.24. The van der Waals surface area contributed by atoms with Gasteiger partial charge in [-0.3, -0.25) is 0 Å². The van der Waals surface area contributed by atoms with E-state index >= 15 is 0 Å². The van der Waals surface area contributed by atoms with Crippen molar-refractivity contribution in [2.45, 2.75) is 12.5 Å². The van der Waals surface area contributed by atoms with E-state index in [9.17, 15) is 8.42 Å². The lowest BCUT2D eigenvalue weighted by Crippen LogP contribution is -2.44. The lowest BCUT2D eigenvalue weighted by atomic mass is 10.3. The first-order valence-corrected chi connectivity index (χ1v) is 6.09. The van der Waals surface area contributed by atoms with E-state index in [0.717, 1.165) is 13.0 Å². The topological polar surface area (TPSA) is 79.5 Å². The second-order valence-corrected chi connectivity index (χ2v) is 4.73. The summed E-state index contributed by atoms with van der Waals surface area (Å²) < 4.78 is 32.4. The molecule has 1 fully saturated rings. The molecule has 84 valence electrons. The van der Waals surface area contributed by atoms with E-state index in [-0.39, 0.29) is 6.04 Å². The van der Waals surface area contributed by atoms with Crippen LogP contribution in [0.3, 0.4) is 0 Å². The summed E-state index contributed by atoms with van der Waals surface area (Å²) >= 11 is 0. The molecule has 6 nitrogen and oxygen atoms in total. The Morgan fingerprint density at radius 1 is 1.57 bits per heavy atom. The molecular formula is C7H17N3O3S. The summed E-state index contributed by atoms with van der Waals surface area (Å²) in [6.07, 6.45) is 0.838. The predicted molar refractivity (Wildman–Crippen MR) is 53.2 cm³/mol. The molecular weight excluding hydrogens is 206 g/mol. The molecule has 7 heteroatoms. The zero-order valence-corrected chi connectivity index (χ0v) is 9.06. The van der Waals surface area contributed by atoms with Gasteiger partial charge >= 0.3 is 0 Å². The minimum absolute atomic E-state index is 0.00930. The molecule has 0 aromatic rings. The largest absolute Gasteiger partial charge is 0.383 e. The van der Waals surface area contributed by atoms with Crippen LogP contribution < -0.4 is 14.8 Å². The fraction of sp³-hybridized carbons (Fsp3) is 1.00. The van der Waals surface area contributed by atoms with Crippen LogP contribution >= 0.6 is 0 Å². The third kappa shape index (κ3) is 4.34. The first-order valence-electron chi connectivity index (χ1n) is 4.60. The highest BCUT2D eigenvalue weighted by molar-refractivity contribution is 7.87. The Labute approximate surface area is 84.6 Å². The Hall–Kier alpha value is -0.210. The Morgan fingerprint density at radius 3 is 2.93 bits per heavy atom. The highest BCUT2D eigenvalue weighted by atomic mass is 32.2. The van der Waals surface area contributed by atoms with Gasteiger partial charge in [0, 0.05) is 26.2 Å². The summed E-state index contributed by atoms with van der Waals surface area (Å²) in [6, 6.07) is 0.00930. The number of methoxy groups -OCH3 is 1. The quantitative estimate of drug-likeness (QED) is 0.475. The lowest BCUT2D eigenvalue weighted by Gasteiger charge is -2.12. The molecule has 0 bridgehead atoms. The molecule has 1 aliphatic heterocycles. The molecule has 0 saturated carbocycles. The fourth-order valence-corrected chi connectivity index (χ4v) is 2.37. The third-order valence-corrected chi connectivity index (χ3v) is 3.21. The average Bonchev–Trinajstić information content (AvgIpc) is 2.56. The van der Waals surface area contributed by atoms with E-state index in [1.807, 2.05) is 0 Å². The van der Waals surface area contributed by atoms with Crippen LogP contribution in [0.25, 0.3) is 0 Å². The van der Waals surface area contributed by atoms with Crippen molar-refractivity contribution in [2.24, 2.45) is 0 Å². The lowest BCUT2D eigenvalue weighted by molar-refractivity contribution is 0.204. The summed E-state index contributed by atoms with van der Waals surface area (Å²) in [5.74, 6) is 0. The molecule has 1 rings (SSSR count). The Balaban J connectivity index is 2.26. The van der Waals surface area contributed by atoms with Crippen LogP contribution in [0.2, 0.25) is 0 Å². The van der Waals surface area contributed by atoms with Crippen molar-refractivity contribution >= 4 is 10.2 Å². The van der Waals surface area contributed by atoms with Gasteiger partial charge in [0.2, 0.25) is 0 Å². The summed E-state index contributed by atoms with van der Waals surface area (Å²) in [5, 5.41) is 3.08. The Bertz CT molecular complexity index is 249. The van der Waals surface area contributed by atoms with Crippen molar-refractivity contribution in [3.05, 3.63) is 0 Å². The van der Waals surface area contributed by atoms with E-state index in [4.69, 9.17) is 4.74 Å². The molecule has 1 atom stereocenters. The molecule has 1 heterocycles. The number of ether oxygens (including phenoxy) is 1. The van der Waals surface area contributed by atoms with Gasteiger partial charge < -0.3 is 10.1 Å². The minimum Gasteiger partial charge on any atom is -0.383 e. The molecule has 1 saturated heterocycles. The molecule has 0 aromatic heterocycles. The predicted octanol–water partition coefficient (Wildman–Crippen LogP) is -1.58. The fourth-order valence-electron chi connectivity index (χ4n) is 1.29. The zero-order chi connectivity index (χ0) is 10.4. The Kier molecular flexibility index (Phi) is 4.76. The van der Waals surface area contributed by atoms with E-state index < -0.39 is 10.2 Å². The van der Waals surface area contributed by atoms with E-state index in [1.54, 1.807) is 0 Å². The maximum absolute atomic E-state index is 11.4. The monoisotopic (exact) mass is 223 g/mol. The number of nitrogens with one attached hydrogen (secondary N) is 3. The van der Waals surface area contributed by atoms with Gasteiger partial charge in [-0.15, -0.1) is 0 Å². The van der Waals surface area contributed by atoms with Crippen molar-refractivity contribution in [1.29, 1.82) is 0 Å². The van der Waals surface area contributed by atoms with Gasteiger partial charge in [-0.25, -0.2) is 0 Å². The standard InChI is InChI=1S/C7H17N3O3S/c1-13-5-4-9-14(11,12)10-7-2-3-8-6-7/h7-10H,2-6H2,1H3/t7-/m0/s1. The van der Waals surface area contributed by atoms with Gasteiger partial charge in [-0.1, -0.05) is 0 Å². The van der Waals surface area contributed by atoms with Crippen LogP contribution in [-0.2, 0) is 14.9 Å². The summed E-state index contributed by atoms with van der Waals surface area (Å²) in [7, 11) is -1.83. The van der Waals surface area contributed by atoms with Crippen molar-refractivity contribution in [1.82, 2.24) is 14.8 Å². The highest BCUT2D eigenvalue weighted by Crippen LogP contribution is 1.97. The van der Waals surface area contributed by atoms with Crippen LogP contribution in [0.5, 0.6) is 0 Å². The van der Waals surface area contributed by atoms with E-state index in [2.05, 4.69) is 14.8 Å². The first-order chi connectivity index (χ1) is 6.64. The van der Waals surface area contributed by atoms with Gasteiger partial charge in [-0.05, 0) is 13.0 Å². The maximum Gasteiger partial charge on any atom is 0.277 e. The molecule has 0 amide bonds. The second kappa shape index (κ2) is 5.62. The molecule has 14 heavy (non-hydrogen) atoms. The SMILES string of the molecule is COCCNS(=O)(=O)N[C@H]1CCNC1. The van der Waals surface area contributed by atoms with Crippen molar-refractivity contribution in [3.8, 4) is 0 Å². The van der Waals surface area contributed by atoms with Gasteiger partial charge in [0.25, 0.3) is 10.2 Å². The molecule has 3 N–H and O–H groups in total. The normalized spacial score (nSPS) is 22.8. The smallest absolute Gasteiger partial charge is 0.277 e. The molecule has 0 aliphatic carbocycles. The minimum atomic E-state index is -3.36. The third-order valence-electron chi connectivity index (χ3n) is 1.98. The van der Waals surface area contributed by atoms with E-state index in [0.29, 0.717) is 19.7 Å². The van der Waals surface area contributed by atoms with Crippen LogP contribution in [0, 0.1) is 0 Å². The first kappa shape index (κ1) is 11.9. The van der Waals surface area contributed by atoms with Gasteiger partial charge in [0.05, 0.1) is 6.61 Å². The molecule has 0 aromatic carbocycles. The van der Waals surface area contributed by atoms with Gasteiger partial charge in [0.15, 0.2) is 0 Å². The van der Waals surface area contributed by atoms with Crippen LogP contribution in [-0.4, -0.2) is 47.8 Å². The van der Waals surface area contributed by atoms with Crippen LogP contribution in [0.1, 0.15) is 6.42 Å². The number of rotatable bonds is 6. The summed E-state index contributed by atoms with van der Waals surface area (Å²) in [5.41, 5.74) is 0. The van der Waals surface area contributed by atoms with Crippen molar-refractivity contribution in [2.75, 3.05) is 33.4 Å². The van der Waals surface area contributed by atoms with E-state index in [1.165, 1.54) is 7.11 Å². The zero-order valence-electron chi connectivity index (χ0n) is 8.25. The molecule has 1 aliphatic rings. The van der Waals surface area contributed by atoms with Gasteiger partial charge in [0.1, 0.15) is 0 Å². The number of hydrogen-bond donors (Lipinski definition) is 3. The van der Waals surface area contributed by atoms with Crippen LogP contribution in [0.15, 0.2) is 0 Å². The number of hydrogen-bond acceptors (Lipinski definition) is 4.